The standard InChI is InChI=1S/C18H18ClF4N3O5/c1-8(27)30-7-17(2)6-12(25-31-17)9-3-13(11(20)4-10(9)19)26-15(28)5-14(18(21,22)23)24-16(26)29/h3-5,15-16,24,28-29H,6-7H2,1-2H3. The molecule has 0 aliphatic carbocycles. The van der Waals surface area contributed by atoms with Crippen LogP contribution in [0.15, 0.2) is 29.1 Å². The second-order valence-electron chi connectivity index (χ2n) is 7.24. The summed E-state index contributed by atoms with van der Waals surface area (Å²) >= 11 is 6.12. The third-order valence-electron chi connectivity index (χ3n) is 4.58. The lowest BCUT2D eigenvalue weighted by atomic mass is 9.96. The van der Waals surface area contributed by atoms with Gasteiger partial charge in [-0.25, -0.2) is 4.39 Å². The average molecular weight is 468 g/mol. The summed E-state index contributed by atoms with van der Waals surface area (Å²) < 4.78 is 58.2. The van der Waals surface area contributed by atoms with Crippen molar-refractivity contribution in [2.75, 3.05) is 11.5 Å². The van der Waals surface area contributed by atoms with E-state index >= 15 is 0 Å². The number of halogens is 5. The molecule has 2 aliphatic rings. The van der Waals surface area contributed by atoms with Crippen molar-refractivity contribution in [1.82, 2.24) is 5.32 Å². The first-order valence-electron chi connectivity index (χ1n) is 8.88. The van der Waals surface area contributed by atoms with Crippen LogP contribution in [0.3, 0.4) is 0 Å². The zero-order chi connectivity index (χ0) is 23.1. The van der Waals surface area contributed by atoms with Crippen LogP contribution in [0.25, 0.3) is 0 Å². The lowest BCUT2D eigenvalue weighted by molar-refractivity contribution is -0.149. The van der Waals surface area contributed by atoms with E-state index in [1.807, 2.05) is 0 Å². The van der Waals surface area contributed by atoms with Crippen molar-refractivity contribution in [2.45, 2.75) is 44.6 Å². The second kappa shape index (κ2) is 8.17. The number of ether oxygens (including phenoxy) is 1. The van der Waals surface area contributed by atoms with Crippen LogP contribution in [0, 0.1) is 5.82 Å². The molecule has 0 spiro atoms. The Bertz CT molecular complexity index is 955. The second-order valence-corrected chi connectivity index (χ2v) is 7.64. The Kier molecular flexibility index (Phi) is 6.09. The number of nitrogens with zero attached hydrogens (tertiary/aromatic N) is 2. The van der Waals surface area contributed by atoms with E-state index in [4.69, 9.17) is 21.2 Å². The number of carbonyl (C=O) groups is 1. The van der Waals surface area contributed by atoms with Crippen LogP contribution < -0.4 is 10.2 Å². The summed E-state index contributed by atoms with van der Waals surface area (Å²) in [5, 5.41) is 25.8. The van der Waals surface area contributed by atoms with E-state index in [1.54, 1.807) is 12.2 Å². The first-order chi connectivity index (χ1) is 14.3. The highest BCUT2D eigenvalue weighted by Crippen LogP contribution is 2.36. The van der Waals surface area contributed by atoms with Gasteiger partial charge in [-0.1, -0.05) is 16.8 Å². The molecule has 0 amide bonds. The highest BCUT2D eigenvalue weighted by Gasteiger charge is 2.42. The molecule has 8 nitrogen and oxygen atoms in total. The van der Waals surface area contributed by atoms with Crippen LogP contribution >= 0.6 is 11.6 Å². The van der Waals surface area contributed by atoms with Gasteiger partial charge in [0.25, 0.3) is 0 Å². The zero-order valence-corrected chi connectivity index (χ0v) is 17.0. The van der Waals surface area contributed by atoms with E-state index in [-0.39, 0.29) is 29.3 Å². The number of carbonyl (C=O) groups excluding carboxylic acids is 1. The van der Waals surface area contributed by atoms with Crippen LogP contribution in [0.2, 0.25) is 5.02 Å². The number of anilines is 1. The summed E-state index contributed by atoms with van der Waals surface area (Å²) in [7, 11) is 0. The molecule has 1 aromatic carbocycles. The van der Waals surface area contributed by atoms with Crippen LogP contribution in [-0.2, 0) is 14.4 Å². The van der Waals surface area contributed by atoms with Crippen molar-refractivity contribution < 1.29 is 42.1 Å². The summed E-state index contributed by atoms with van der Waals surface area (Å²) in [6.45, 7) is 2.74. The van der Waals surface area contributed by atoms with E-state index in [9.17, 15) is 32.6 Å². The van der Waals surface area contributed by atoms with Crippen LogP contribution in [0.4, 0.5) is 23.2 Å². The van der Waals surface area contributed by atoms with Gasteiger partial charge in [0.1, 0.15) is 18.1 Å². The van der Waals surface area contributed by atoms with Crippen LogP contribution in [0.5, 0.6) is 0 Å². The number of oxime groups is 1. The predicted octanol–water partition coefficient (Wildman–Crippen LogP) is 2.38. The molecular formula is C18H18ClF4N3O5. The number of nitrogens with one attached hydrogen (secondary N) is 1. The third kappa shape index (κ3) is 4.86. The van der Waals surface area contributed by atoms with Crippen molar-refractivity contribution in [3.63, 3.8) is 0 Å². The molecule has 2 heterocycles. The zero-order valence-electron chi connectivity index (χ0n) is 16.2. The number of rotatable bonds is 4. The third-order valence-corrected chi connectivity index (χ3v) is 4.89. The molecule has 1 aromatic rings. The fourth-order valence-electron chi connectivity index (χ4n) is 3.10. The Balaban J connectivity index is 1.91. The summed E-state index contributed by atoms with van der Waals surface area (Å²) in [4.78, 5) is 17.0. The van der Waals surface area contributed by atoms with E-state index < -0.39 is 47.5 Å². The molecule has 31 heavy (non-hydrogen) atoms. The smallest absolute Gasteiger partial charge is 0.430 e. The normalized spacial score (nSPS) is 26.0. The highest BCUT2D eigenvalue weighted by atomic mass is 35.5. The Labute approximate surface area is 178 Å². The van der Waals surface area contributed by atoms with E-state index in [0.29, 0.717) is 11.0 Å². The maximum Gasteiger partial charge on any atom is 0.430 e. The van der Waals surface area contributed by atoms with Gasteiger partial charge >= 0.3 is 12.1 Å². The topological polar surface area (TPSA) is 104 Å². The van der Waals surface area contributed by atoms with Gasteiger partial charge in [0, 0.05) is 18.9 Å². The Morgan fingerprint density at radius 2 is 2.13 bits per heavy atom. The Morgan fingerprint density at radius 3 is 2.71 bits per heavy atom. The van der Waals surface area contributed by atoms with Gasteiger partial charge in [-0.3, -0.25) is 9.69 Å². The maximum atomic E-state index is 14.6. The minimum atomic E-state index is -4.85. The molecule has 0 saturated heterocycles. The molecule has 3 rings (SSSR count). The minimum absolute atomic E-state index is 0.0826. The average Bonchev–Trinajstić information content (AvgIpc) is 3.03. The van der Waals surface area contributed by atoms with Gasteiger partial charge in [0.15, 0.2) is 11.8 Å². The molecule has 2 aliphatic heterocycles. The highest BCUT2D eigenvalue weighted by molar-refractivity contribution is 6.34. The predicted molar refractivity (Wildman–Crippen MR) is 100 cm³/mol. The van der Waals surface area contributed by atoms with E-state index in [1.165, 1.54) is 6.92 Å². The first-order valence-corrected chi connectivity index (χ1v) is 9.26. The molecule has 0 fully saturated rings. The number of aliphatic hydroxyl groups excluding tert-OH is 2. The van der Waals surface area contributed by atoms with Crippen LogP contribution in [0.1, 0.15) is 25.8 Å². The van der Waals surface area contributed by atoms with Crippen molar-refractivity contribution in [3.8, 4) is 0 Å². The molecule has 0 bridgehead atoms. The molecule has 0 aromatic heterocycles. The number of aliphatic hydroxyl groups is 2. The number of esters is 1. The SMILES string of the molecule is CC(=O)OCC1(C)CC(c2cc(N3C(O)C=C(C(F)(F)F)NC3O)c(F)cc2Cl)=NO1. The Hall–Kier alpha value is -2.57. The van der Waals surface area contributed by atoms with Crippen LogP contribution in [-0.4, -0.2) is 52.9 Å². The number of allylic oxidation sites excluding steroid dienone is 1. The molecule has 0 saturated carbocycles. The quantitative estimate of drug-likeness (QED) is 0.461. The molecule has 170 valence electrons. The molecule has 13 heteroatoms. The van der Waals surface area contributed by atoms with Gasteiger partial charge in [-0.2, -0.15) is 13.2 Å². The van der Waals surface area contributed by atoms with E-state index in [0.717, 1.165) is 12.1 Å². The first kappa shape index (κ1) is 23.1. The van der Waals surface area contributed by atoms with Crippen molar-refractivity contribution in [1.29, 1.82) is 0 Å². The fourth-order valence-corrected chi connectivity index (χ4v) is 3.36. The lowest BCUT2D eigenvalue weighted by Gasteiger charge is -2.38. The molecular weight excluding hydrogens is 450 g/mol. The van der Waals surface area contributed by atoms with Crippen molar-refractivity contribution in [2.24, 2.45) is 5.16 Å². The van der Waals surface area contributed by atoms with Crippen molar-refractivity contribution in [3.05, 3.63) is 40.3 Å². The number of benzene rings is 1. The maximum absolute atomic E-state index is 14.6. The van der Waals surface area contributed by atoms with Gasteiger partial charge in [-0.05, 0) is 25.1 Å². The Morgan fingerprint density at radius 1 is 1.45 bits per heavy atom. The number of alkyl halides is 3. The number of hydrogen-bond acceptors (Lipinski definition) is 8. The van der Waals surface area contributed by atoms with E-state index in [2.05, 4.69) is 5.16 Å². The lowest BCUT2D eigenvalue weighted by Crippen LogP contribution is -2.56. The largest absolute Gasteiger partial charge is 0.461 e. The molecule has 3 unspecified atom stereocenters. The van der Waals surface area contributed by atoms with Gasteiger partial charge < -0.3 is 25.1 Å². The summed E-state index contributed by atoms with van der Waals surface area (Å²) in [5.41, 5.74) is -2.39. The number of hydrogen-bond donors (Lipinski definition) is 3. The summed E-state index contributed by atoms with van der Waals surface area (Å²) in [6, 6.07) is 2.00. The summed E-state index contributed by atoms with van der Waals surface area (Å²) in [5.74, 6) is -1.52. The van der Waals surface area contributed by atoms with Crippen molar-refractivity contribution >= 4 is 29.0 Å². The minimum Gasteiger partial charge on any atom is -0.461 e. The van der Waals surface area contributed by atoms with Gasteiger partial charge in [0.2, 0.25) is 6.35 Å². The van der Waals surface area contributed by atoms with Gasteiger partial charge in [0.05, 0.1) is 16.4 Å². The molecule has 3 N–H and O–H groups in total. The molecule has 0 radical (unpaired) electrons. The van der Waals surface area contributed by atoms with Gasteiger partial charge in [-0.15, -0.1) is 0 Å². The monoisotopic (exact) mass is 467 g/mol. The fraction of sp³-hybridized carbons (Fsp3) is 0.444. The molecule has 3 atom stereocenters. The summed E-state index contributed by atoms with van der Waals surface area (Å²) in [6.07, 6.45) is -8.41.